The number of rotatable bonds is 4. The third kappa shape index (κ3) is 4.62. The zero-order valence-electron chi connectivity index (χ0n) is 10.9. The fourth-order valence-electron chi connectivity index (χ4n) is 1.70. The van der Waals surface area contributed by atoms with Crippen LogP contribution in [-0.4, -0.2) is 16.6 Å². The molecular formula is C14H12BrClFN3S. The van der Waals surface area contributed by atoms with E-state index in [1.807, 2.05) is 12.1 Å². The van der Waals surface area contributed by atoms with Crippen LogP contribution in [-0.2, 0) is 6.42 Å². The second-order valence-corrected chi connectivity index (χ2v) is 5.83. The molecule has 0 aliphatic carbocycles. The summed E-state index contributed by atoms with van der Waals surface area (Å²) in [6, 6.07) is 8.31. The molecule has 0 bridgehead atoms. The number of nitrogens with zero attached hydrogens (tertiary/aromatic N) is 1. The van der Waals surface area contributed by atoms with Crippen molar-refractivity contribution in [3.05, 3.63) is 57.4 Å². The molecule has 0 radical (unpaired) electrons. The third-order valence-electron chi connectivity index (χ3n) is 2.71. The average molecular weight is 389 g/mol. The van der Waals surface area contributed by atoms with Gasteiger partial charge in [0.1, 0.15) is 11.6 Å². The lowest BCUT2D eigenvalue weighted by Crippen LogP contribution is -2.30. The monoisotopic (exact) mass is 387 g/mol. The lowest BCUT2D eigenvalue weighted by atomic mass is 10.1. The molecule has 0 spiro atoms. The molecule has 0 atom stereocenters. The van der Waals surface area contributed by atoms with E-state index in [9.17, 15) is 4.39 Å². The van der Waals surface area contributed by atoms with E-state index in [0.29, 0.717) is 34.5 Å². The highest BCUT2D eigenvalue weighted by atomic mass is 79.9. The number of anilines is 1. The number of thiocarbonyl (C=S) groups is 1. The van der Waals surface area contributed by atoms with Crippen LogP contribution in [0, 0.1) is 5.82 Å². The maximum atomic E-state index is 13.6. The second-order valence-electron chi connectivity index (χ2n) is 4.16. The summed E-state index contributed by atoms with van der Waals surface area (Å²) in [5.41, 5.74) is 0.480. The number of aromatic nitrogens is 1. The zero-order valence-corrected chi connectivity index (χ0v) is 14.0. The molecule has 0 saturated heterocycles. The van der Waals surface area contributed by atoms with E-state index in [2.05, 4.69) is 31.5 Å². The van der Waals surface area contributed by atoms with Crippen LogP contribution in [0.3, 0.4) is 0 Å². The minimum absolute atomic E-state index is 0.310. The summed E-state index contributed by atoms with van der Waals surface area (Å²) in [5.74, 6) is 0.314. The molecular weight excluding hydrogens is 377 g/mol. The molecule has 0 aliphatic rings. The molecule has 7 heteroatoms. The lowest BCUT2D eigenvalue weighted by molar-refractivity contribution is 0.607. The molecule has 0 saturated carbocycles. The van der Waals surface area contributed by atoms with E-state index in [1.54, 1.807) is 18.3 Å². The van der Waals surface area contributed by atoms with E-state index in [1.165, 1.54) is 6.07 Å². The highest BCUT2D eigenvalue weighted by molar-refractivity contribution is 9.10. The standard InChI is InChI=1S/C14H12BrClFN3S/c15-10-3-2-7-18-13(10)20-14(21)19-8-6-9-11(16)4-1-5-12(9)17/h1-5,7H,6,8H2,(H2,18,19,20,21). The SMILES string of the molecule is Fc1cccc(Cl)c1CCNC(=S)Nc1ncccc1Br. The molecule has 2 rings (SSSR count). The highest BCUT2D eigenvalue weighted by Crippen LogP contribution is 2.19. The number of halogens is 3. The van der Waals surface area contributed by atoms with Crippen LogP contribution in [0.25, 0.3) is 0 Å². The number of benzene rings is 1. The molecule has 2 N–H and O–H groups in total. The first-order valence-electron chi connectivity index (χ1n) is 6.16. The Bertz CT molecular complexity index is 634. The van der Waals surface area contributed by atoms with Crippen molar-refractivity contribution in [2.24, 2.45) is 0 Å². The first-order valence-corrected chi connectivity index (χ1v) is 7.74. The molecule has 1 heterocycles. The summed E-state index contributed by atoms with van der Waals surface area (Å²) in [6.45, 7) is 0.469. The van der Waals surface area contributed by atoms with E-state index in [-0.39, 0.29) is 5.82 Å². The molecule has 0 amide bonds. The van der Waals surface area contributed by atoms with Crippen molar-refractivity contribution in [1.29, 1.82) is 0 Å². The molecule has 2 aromatic rings. The van der Waals surface area contributed by atoms with Crippen LogP contribution < -0.4 is 10.6 Å². The van der Waals surface area contributed by atoms with Gasteiger partial charge in [-0.15, -0.1) is 0 Å². The minimum atomic E-state index is -0.310. The van der Waals surface area contributed by atoms with Gasteiger partial charge in [0.25, 0.3) is 0 Å². The Balaban J connectivity index is 1.86. The molecule has 1 aromatic heterocycles. The van der Waals surface area contributed by atoms with Crippen molar-refractivity contribution in [2.75, 3.05) is 11.9 Å². The maximum absolute atomic E-state index is 13.6. The summed E-state index contributed by atoms with van der Waals surface area (Å²) in [4.78, 5) is 4.15. The molecule has 0 aliphatic heterocycles. The Morgan fingerprint density at radius 1 is 1.33 bits per heavy atom. The summed E-state index contributed by atoms with van der Waals surface area (Å²) in [6.07, 6.45) is 2.10. The van der Waals surface area contributed by atoms with Gasteiger partial charge in [0.05, 0.1) is 4.47 Å². The topological polar surface area (TPSA) is 37.0 Å². The van der Waals surface area contributed by atoms with E-state index in [4.69, 9.17) is 23.8 Å². The Kier molecular flexibility index (Phi) is 5.90. The highest BCUT2D eigenvalue weighted by Gasteiger charge is 2.07. The molecule has 3 nitrogen and oxygen atoms in total. The summed E-state index contributed by atoms with van der Waals surface area (Å²) < 4.78 is 14.4. The second kappa shape index (κ2) is 7.68. The summed E-state index contributed by atoms with van der Waals surface area (Å²) in [7, 11) is 0. The van der Waals surface area contributed by atoms with Crippen LogP contribution in [0.2, 0.25) is 5.02 Å². The van der Waals surface area contributed by atoms with E-state index >= 15 is 0 Å². The Morgan fingerprint density at radius 3 is 2.86 bits per heavy atom. The van der Waals surface area contributed by atoms with Gasteiger partial charge in [0.15, 0.2) is 5.11 Å². The first kappa shape index (κ1) is 16.1. The summed E-state index contributed by atoms with van der Waals surface area (Å²) in [5, 5.41) is 6.79. The molecule has 1 aromatic carbocycles. The lowest BCUT2D eigenvalue weighted by Gasteiger charge is -2.11. The van der Waals surface area contributed by atoms with Crippen molar-refractivity contribution in [3.8, 4) is 0 Å². The average Bonchev–Trinajstić information content (AvgIpc) is 2.45. The Morgan fingerprint density at radius 2 is 2.14 bits per heavy atom. The first-order chi connectivity index (χ1) is 10.1. The molecule has 21 heavy (non-hydrogen) atoms. The van der Waals surface area contributed by atoms with Crippen LogP contribution in [0.1, 0.15) is 5.56 Å². The molecule has 0 unspecified atom stereocenters. The van der Waals surface area contributed by atoms with Gasteiger partial charge in [-0.2, -0.15) is 0 Å². The quantitative estimate of drug-likeness (QED) is 0.771. The predicted molar refractivity (Wildman–Crippen MR) is 91.3 cm³/mol. The number of hydrogen-bond donors (Lipinski definition) is 2. The fraction of sp³-hybridized carbons (Fsp3) is 0.143. The Labute approximate surface area is 141 Å². The largest absolute Gasteiger partial charge is 0.362 e. The molecule has 110 valence electrons. The number of hydrogen-bond acceptors (Lipinski definition) is 2. The van der Waals surface area contributed by atoms with Crippen molar-refractivity contribution < 1.29 is 4.39 Å². The van der Waals surface area contributed by atoms with Crippen molar-refractivity contribution in [3.63, 3.8) is 0 Å². The summed E-state index contributed by atoms with van der Waals surface area (Å²) >= 11 is 14.5. The maximum Gasteiger partial charge on any atom is 0.171 e. The van der Waals surface area contributed by atoms with Gasteiger partial charge in [0, 0.05) is 23.3 Å². The van der Waals surface area contributed by atoms with Gasteiger partial charge in [-0.25, -0.2) is 9.37 Å². The fourth-order valence-corrected chi connectivity index (χ4v) is 2.51. The van der Waals surface area contributed by atoms with Crippen LogP contribution in [0.15, 0.2) is 41.0 Å². The third-order valence-corrected chi connectivity index (χ3v) is 3.95. The normalized spacial score (nSPS) is 10.2. The van der Waals surface area contributed by atoms with E-state index in [0.717, 1.165) is 4.47 Å². The predicted octanol–water partition coefficient (Wildman–Crippen LogP) is 4.17. The van der Waals surface area contributed by atoms with Crippen LogP contribution >= 0.6 is 39.7 Å². The van der Waals surface area contributed by atoms with Gasteiger partial charge >= 0.3 is 0 Å². The van der Waals surface area contributed by atoms with Crippen LogP contribution in [0.4, 0.5) is 10.2 Å². The van der Waals surface area contributed by atoms with Crippen molar-refractivity contribution in [2.45, 2.75) is 6.42 Å². The van der Waals surface area contributed by atoms with Gasteiger partial charge in [-0.05, 0) is 58.8 Å². The van der Waals surface area contributed by atoms with Gasteiger partial charge in [-0.1, -0.05) is 17.7 Å². The van der Waals surface area contributed by atoms with Crippen molar-refractivity contribution >= 4 is 50.7 Å². The minimum Gasteiger partial charge on any atom is -0.362 e. The Hall–Kier alpha value is -1.24. The van der Waals surface area contributed by atoms with Crippen LogP contribution in [0.5, 0.6) is 0 Å². The molecule has 0 fully saturated rings. The number of pyridine rings is 1. The van der Waals surface area contributed by atoms with Gasteiger partial charge in [0.2, 0.25) is 0 Å². The zero-order chi connectivity index (χ0) is 15.2. The van der Waals surface area contributed by atoms with Crippen molar-refractivity contribution in [1.82, 2.24) is 10.3 Å². The van der Waals surface area contributed by atoms with E-state index < -0.39 is 0 Å². The van der Waals surface area contributed by atoms with Gasteiger partial charge in [-0.3, -0.25) is 0 Å². The van der Waals surface area contributed by atoms with Gasteiger partial charge < -0.3 is 10.6 Å². The number of nitrogens with one attached hydrogen (secondary N) is 2. The smallest absolute Gasteiger partial charge is 0.171 e.